The normalized spacial score (nSPS) is 16.4. The molecule has 3 N–H and O–H groups in total. The highest BCUT2D eigenvalue weighted by atomic mass is 32.2. The predicted molar refractivity (Wildman–Crippen MR) is 80.9 cm³/mol. The number of anilines is 1. The number of aromatic hydroxyl groups is 1. The minimum absolute atomic E-state index is 0.0780. The molecular formula is C14H20N2O4S. The van der Waals surface area contributed by atoms with E-state index < -0.39 is 10.0 Å². The molecule has 1 aliphatic carbocycles. The van der Waals surface area contributed by atoms with Crippen LogP contribution in [0, 0.1) is 0 Å². The van der Waals surface area contributed by atoms with Crippen LogP contribution in [0.2, 0.25) is 0 Å². The molecule has 1 aromatic carbocycles. The van der Waals surface area contributed by atoms with Gasteiger partial charge in [0.25, 0.3) is 5.91 Å². The first-order valence-corrected chi connectivity index (χ1v) is 8.86. The molecule has 0 spiro atoms. The average molecular weight is 312 g/mol. The Hall–Kier alpha value is -1.76. The monoisotopic (exact) mass is 312 g/mol. The molecule has 2 rings (SSSR count). The minimum atomic E-state index is -3.42. The topological polar surface area (TPSA) is 95.5 Å². The lowest BCUT2D eigenvalue weighted by molar-refractivity contribution is 0.0925. The number of sulfonamides is 1. The molecule has 7 heteroatoms. The van der Waals surface area contributed by atoms with Crippen molar-refractivity contribution in [3.63, 3.8) is 0 Å². The molecule has 1 aliphatic rings. The number of amides is 1. The largest absolute Gasteiger partial charge is 0.507 e. The van der Waals surface area contributed by atoms with Crippen LogP contribution in [0.1, 0.15) is 42.5 Å². The van der Waals surface area contributed by atoms with E-state index in [4.69, 9.17) is 0 Å². The molecule has 0 saturated heterocycles. The van der Waals surface area contributed by atoms with E-state index in [9.17, 15) is 18.3 Å². The molecule has 1 aromatic rings. The Balaban J connectivity index is 2.13. The molecule has 6 nitrogen and oxygen atoms in total. The van der Waals surface area contributed by atoms with Crippen molar-refractivity contribution in [2.24, 2.45) is 0 Å². The van der Waals surface area contributed by atoms with E-state index in [1.807, 2.05) is 0 Å². The van der Waals surface area contributed by atoms with Gasteiger partial charge >= 0.3 is 0 Å². The molecule has 0 bridgehead atoms. The molecular weight excluding hydrogens is 292 g/mol. The summed E-state index contributed by atoms with van der Waals surface area (Å²) in [5, 5.41) is 12.7. The van der Waals surface area contributed by atoms with Gasteiger partial charge < -0.3 is 10.4 Å². The molecule has 1 fully saturated rings. The number of phenols is 1. The number of hydrogen-bond acceptors (Lipinski definition) is 4. The van der Waals surface area contributed by atoms with Crippen molar-refractivity contribution in [3.8, 4) is 5.75 Å². The Morgan fingerprint density at radius 2 is 1.90 bits per heavy atom. The molecule has 0 heterocycles. The summed E-state index contributed by atoms with van der Waals surface area (Å²) in [5.74, 6) is -0.543. The Morgan fingerprint density at radius 1 is 1.24 bits per heavy atom. The molecule has 0 aliphatic heterocycles. The quantitative estimate of drug-likeness (QED) is 0.739. The van der Waals surface area contributed by atoms with Gasteiger partial charge in [0.15, 0.2) is 0 Å². The van der Waals surface area contributed by atoms with E-state index in [-0.39, 0.29) is 28.9 Å². The third-order valence-corrected chi connectivity index (χ3v) is 4.09. The molecule has 1 amide bonds. The second-order valence-corrected chi connectivity index (χ2v) is 7.16. The minimum Gasteiger partial charge on any atom is -0.507 e. The molecule has 0 unspecified atom stereocenters. The van der Waals surface area contributed by atoms with Gasteiger partial charge in [-0.3, -0.25) is 9.52 Å². The zero-order chi connectivity index (χ0) is 15.5. The first-order chi connectivity index (χ1) is 9.85. The van der Waals surface area contributed by atoms with Gasteiger partial charge in [-0.05, 0) is 31.0 Å². The van der Waals surface area contributed by atoms with Gasteiger partial charge in [-0.25, -0.2) is 8.42 Å². The number of rotatable bonds is 4. The average Bonchev–Trinajstić information content (AvgIpc) is 2.40. The molecule has 0 aromatic heterocycles. The Bertz CT molecular complexity index is 622. The molecule has 1 saturated carbocycles. The van der Waals surface area contributed by atoms with E-state index in [1.165, 1.54) is 24.6 Å². The first-order valence-electron chi connectivity index (χ1n) is 6.97. The zero-order valence-corrected chi connectivity index (χ0v) is 12.7. The van der Waals surface area contributed by atoms with Crippen LogP contribution in [0.4, 0.5) is 5.69 Å². The summed E-state index contributed by atoms with van der Waals surface area (Å²) in [6.45, 7) is 0. The zero-order valence-electron chi connectivity index (χ0n) is 11.9. The highest BCUT2D eigenvalue weighted by Crippen LogP contribution is 2.23. The summed E-state index contributed by atoms with van der Waals surface area (Å²) >= 11 is 0. The summed E-state index contributed by atoms with van der Waals surface area (Å²) in [4.78, 5) is 12.2. The number of nitrogens with one attached hydrogen (secondary N) is 2. The Labute approximate surface area is 124 Å². The van der Waals surface area contributed by atoms with E-state index in [2.05, 4.69) is 10.0 Å². The second kappa shape index (κ2) is 6.34. The predicted octanol–water partition coefficient (Wildman–Crippen LogP) is 1.83. The molecule has 21 heavy (non-hydrogen) atoms. The summed E-state index contributed by atoms with van der Waals surface area (Å²) < 4.78 is 24.7. The highest BCUT2D eigenvalue weighted by Gasteiger charge is 2.19. The fraction of sp³-hybridized carbons (Fsp3) is 0.500. The van der Waals surface area contributed by atoms with Gasteiger partial charge in [0.2, 0.25) is 10.0 Å². The van der Waals surface area contributed by atoms with Gasteiger partial charge in [0.05, 0.1) is 11.8 Å². The van der Waals surface area contributed by atoms with Crippen LogP contribution in [0.25, 0.3) is 0 Å². The van der Waals surface area contributed by atoms with Crippen molar-refractivity contribution < 1.29 is 18.3 Å². The number of hydrogen-bond donors (Lipinski definition) is 3. The van der Waals surface area contributed by atoms with Gasteiger partial charge in [-0.1, -0.05) is 19.3 Å². The van der Waals surface area contributed by atoms with Crippen LogP contribution in [0.5, 0.6) is 5.75 Å². The van der Waals surface area contributed by atoms with Gasteiger partial charge in [0.1, 0.15) is 5.75 Å². The summed E-state index contributed by atoms with van der Waals surface area (Å²) in [7, 11) is -3.42. The number of benzene rings is 1. The first kappa shape index (κ1) is 15.6. The number of phenolic OH excluding ortho intramolecular Hbond substituents is 1. The lowest BCUT2D eigenvalue weighted by Gasteiger charge is -2.23. The summed E-state index contributed by atoms with van der Waals surface area (Å²) in [6.07, 6.45) is 6.27. The maximum atomic E-state index is 12.2. The van der Waals surface area contributed by atoms with Crippen LogP contribution in [0.3, 0.4) is 0 Å². The van der Waals surface area contributed by atoms with Crippen molar-refractivity contribution >= 4 is 21.6 Å². The third-order valence-electron chi connectivity index (χ3n) is 3.48. The molecule has 0 atom stereocenters. The maximum Gasteiger partial charge on any atom is 0.255 e. The third kappa shape index (κ3) is 4.63. The fourth-order valence-electron chi connectivity index (χ4n) is 2.51. The van der Waals surface area contributed by atoms with Crippen LogP contribution in [-0.4, -0.2) is 31.7 Å². The number of carbonyl (C=O) groups excluding carboxylic acids is 1. The van der Waals surface area contributed by atoms with Crippen LogP contribution >= 0.6 is 0 Å². The van der Waals surface area contributed by atoms with Gasteiger partial charge in [-0.2, -0.15) is 0 Å². The highest BCUT2D eigenvalue weighted by molar-refractivity contribution is 7.92. The Kier molecular flexibility index (Phi) is 4.72. The van der Waals surface area contributed by atoms with Gasteiger partial charge in [0, 0.05) is 11.7 Å². The summed E-state index contributed by atoms with van der Waals surface area (Å²) in [6, 6.07) is 4.18. The van der Waals surface area contributed by atoms with Crippen molar-refractivity contribution in [1.82, 2.24) is 5.32 Å². The SMILES string of the molecule is CS(=O)(=O)Nc1ccc(O)c(C(=O)NC2CCCCC2)c1. The van der Waals surface area contributed by atoms with Crippen molar-refractivity contribution in [2.75, 3.05) is 11.0 Å². The fourth-order valence-corrected chi connectivity index (χ4v) is 3.06. The van der Waals surface area contributed by atoms with E-state index in [0.29, 0.717) is 0 Å². The van der Waals surface area contributed by atoms with Crippen LogP contribution < -0.4 is 10.0 Å². The van der Waals surface area contributed by atoms with E-state index in [0.717, 1.165) is 31.9 Å². The second-order valence-electron chi connectivity index (χ2n) is 5.41. The Morgan fingerprint density at radius 3 is 2.52 bits per heavy atom. The van der Waals surface area contributed by atoms with E-state index in [1.54, 1.807) is 0 Å². The smallest absolute Gasteiger partial charge is 0.255 e. The van der Waals surface area contributed by atoms with E-state index >= 15 is 0 Å². The molecule has 116 valence electrons. The van der Waals surface area contributed by atoms with Crippen LogP contribution in [-0.2, 0) is 10.0 Å². The number of carbonyl (C=O) groups is 1. The standard InChI is InChI=1S/C14H20N2O4S/c1-21(19,20)16-11-7-8-13(17)12(9-11)14(18)15-10-5-3-2-4-6-10/h7-10,16-17H,2-6H2,1H3,(H,15,18). The van der Waals surface area contributed by atoms with Crippen molar-refractivity contribution in [3.05, 3.63) is 23.8 Å². The molecule has 0 radical (unpaired) electrons. The lowest BCUT2D eigenvalue weighted by atomic mass is 9.95. The van der Waals surface area contributed by atoms with Gasteiger partial charge in [-0.15, -0.1) is 0 Å². The lowest BCUT2D eigenvalue weighted by Crippen LogP contribution is -2.36. The van der Waals surface area contributed by atoms with Crippen LogP contribution in [0.15, 0.2) is 18.2 Å². The van der Waals surface area contributed by atoms with Crippen molar-refractivity contribution in [2.45, 2.75) is 38.1 Å². The summed E-state index contributed by atoms with van der Waals surface area (Å²) in [5.41, 5.74) is 0.332. The maximum absolute atomic E-state index is 12.2. The van der Waals surface area contributed by atoms with Crippen molar-refractivity contribution in [1.29, 1.82) is 0 Å².